The third-order valence-corrected chi connectivity index (χ3v) is 5.54. The molecule has 6 nitrogen and oxygen atoms in total. The summed E-state index contributed by atoms with van der Waals surface area (Å²) in [5.74, 6) is -0.367. The molecule has 1 saturated heterocycles. The number of amides is 1. The molecular weight excluding hydrogens is 316 g/mol. The molecule has 0 aliphatic carbocycles. The lowest BCUT2D eigenvalue weighted by atomic mass is 10.1. The van der Waals surface area contributed by atoms with Crippen molar-refractivity contribution in [2.24, 2.45) is 0 Å². The lowest BCUT2D eigenvalue weighted by molar-refractivity contribution is -0.0440. The number of morpholine rings is 1. The van der Waals surface area contributed by atoms with Crippen LogP contribution in [0, 0.1) is 6.92 Å². The molecule has 1 aliphatic rings. The first-order chi connectivity index (χ1) is 10.8. The Kier molecular flexibility index (Phi) is 5.78. The molecule has 1 N–H and O–H groups in total. The quantitative estimate of drug-likeness (QED) is 0.873. The molecule has 1 fully saturated rings. The molecule has 0 saturated carbocycles. The number of benzene rings is 1. The van der Waals surface area contributed by atoms with E-state index in [1.165, 1.54) is 4.31 Å². The minimum Gasteiger partial charge on any atom is -0.373 e. The van der Waals surface area contributed by atoms with Gasteiger partial charge in [0.15, 0.2) is 0 Å². The van der Waals surface area contributed by atoms with E-state index >= 15 is 0 Å². The van der Waals surface area contributed by atoms with Crippen LogP contribution in [0.15, 0.2) is 24.3 Å². The van der Waals surface area contributed by atoms with Gasteiger partial charge < -0.3 is 10.1 Å². The first-order valence-electron chi connectivity index (χ1n) is 7.76. The van der Waals surface area contributed by atoms with Crippen LogP contribution in [-0.4, -0.2) is 56.2 Å². The van der Waals surface area contributed by atoms with Crippen molar-refractivity contribution in [1.29, 1.82) is 0 Å². The molecule has 1 aromatic carbocycles. The van der Waals surface area contributed by atoms with Crippen molar-refractivity contribution in [3.05, 3.63) is 35.4 Å². The highest BCUT2D eigenvalue weighted by atomic mass is 32.2. The summed E-state index contributed by atoms with van der Waals surface area (Å²) in [6, 6.07) is 7.15. The van der Waals surface area contributed by atoms with E-state index in [1.807, 2.05) is 32.9 Å². The van der Waals surface area contributed by atoms with E-state index in [1.54, 1.807) is 12.1 Å². The van der Waals surface area contributed by atoms with Gasteiger partial charge in [0, 0.05) is 25.2 Å². The summed E-state index contributed by atoms with van der Waals surface area (Å²) in [4.78, 5) is 12.0. The predicted octanol–water partition coefficient (Wildman–Crippen LogP) is 1.16. The average molecular weight is 340 g/mol. The Morgan fingerprint density at radius 3 is 2.35 bits per heavy atom. The van der Waals surface area contributed by atoms with Gasteiger partial charge in [-0.05, 0) is 32.9 Å². The van der Waals surface area contributed by atoms with Crippen molar-refractivity contribution in [3.63, 3.8) is 0 Å². The summed E-state index contributed by atoms with van der Waals surface area (Å²) in [6.45, 7) is 6.47. The second-order valence-corrected chi connectivity index (χ2v) is 8.10. The minimum absolute atomic E-state index is 0.0924. The largest absolute Gasteiger partial charge is 0.373 e. The SMILES string of the molecule is Cc1ccc(C(=O)NCCS(=O)(=O)N2C[C@H](C)O[C@@H](C)C2)cc1. The zero-order valence-corrected chi connectivity index (χ0v) is 14.6. The number of hydrogen-bond acceptors (Lipinski definition) is 4. The molecule has 1 amide bonds. The number of hydrogen-bond donors (Lipinski definition) is 1. The molecule has 0 radical (unpaired) electrons. The average Bonchev–Trinajstić information content (AvgIpc) is 2.46. The van der Waals surface area contributed by atoms with Crippen molar-refractivity contribution in [2.45, 2.75) is 33.0 Å². The van der Waals surface area contributed by atoms with E-state index in [9.17, 15) is 13.2 Å². The zero-order chi connectivity index (χ0) is 17.0. The van der Waals surface area contributed by atoms with Crippen molar-refractivity contribution < 1.29 is 17.9 Å². The second-order valence-electron chi connectivity index (χ2n) is 6.01. The summed E-state index contributed by atoms with van der Waals surface area (Å²) in [5, 5.41) is 2.66. The number of ether oxygens (including phenoxy) is 1. The maximum Gasteiger partial charge on any atom is 0.251 e. The number of carbonyl (C=O) groups excluding carboxylic acids is 1. The van der Waals surface area contributed by atoms with Crippen LogP contribution in [-0.2, 0) is 14.8 Å². The molecule has 7 heteroatoms. The fraction of sp³-hybridized carbons (Fsp3) is 0.562. The highest BCUT2D eigenvalue weighted by Crippen LogP contribution is 2.14. The molecule has 0 unspecified atom stereocenters. The first kappa shape index (κ1) is 17.9. The van der Waals surface area contributed by atoms with Gasteiger partial charge in [-0.2, -0.15) is 4.31 Å². The Morgan fingerprint density at radius 2 is 1.78 bits per heavy atom. The minimum atomic E-state index is -3.40. The molecule has 1 aliphatic heterocycles. The lowest BCUT2D eigenvalue weighted by Crippen LogP contribution is -2.49. The van der Waals surface area contributed by atoms with Crippen LogP contribution in [0.3, 0.4) is 0 Å². The maximum absolute atomic E-state index is 12.4. The Hall–Kier alpha value is -1.44. The molecule has 1 aromatic rings. The van der Waals surface area contributed by atoms with Gasteiger partial charge in [0.2, 0.25) is 10.0 Å². The third kappa shape index (κ3) is 5.02. The molecule has 23 heavy (non-hydrogen) atoms. The first-order valence-corrected chi connectivity index (χ1v) is 9.37. The molecule has 0 aromatic heterocycles. The lowest BCUT2D eigenvalue weighted by Gasteiger charge is -2.34. The van der Waals surface area contributed by atoms with E-state index in [4.69, 9.17) is 4.74 Å². The highest BCUT2D eigenvalue weighted by Gasteiger charge is 2.30. The molecule has 2 rings (SSSR count). The van der Waals surface area contributed by atoms with Crippen LogP contribution in [0.4, 0.5) is 0 Å². The highest BCUT2D eigenvalue weighted by molar-refractivity contribution is 7.89. The van der Waals surface area contributed by atoms with Gasteiger partial charge in [-0.25, -0.2) is 8.42 Å². The van der Waals surface area contributed by atoms with Gasteiger partial charge in [0.1, 0.15) is 0 Å². The fourth-order valence-electron chi connectivity index (χ4n) is 2.59. The number of aryl methyl sites for hydroxylation is 1. The van der Waals surface area contributed by atoms with Gasteiger partial charge in [-0.3, -0.25) is 4.79 Å². The monoisotopic (exact) mass is 340 g/mol. The van der Waals surface area contributed by atoms with E-state index in [-0.39, 0.29) is 30.4 Å². The Morgan fingerprint density at radius 1 is 1.22 bits per heavy atom. The van der Waals surface area contributed by atoms with Gasteiger partial charge in [0.05, 0.1) is 18.0 Å². The number of sulfonamides is 1. The molecule has 0 spiro atoms. The van der Waals surface area contributed by atoms with E-state index in [2.05, 4.69) is 5.32 Å². The summed E-state index contributed by atoms with van der Waals surface area (Å²) < 4.78 is 31.7. The normalized spacial score (nSPS) is 22.7. The topological polar surface area (TPSA) is 75.7 Å². The van der Waals surface area contributed by atoms with Crippen LogP contribution in [0.5, 0.6) is 0 Å². The summed E-state index contributed by atoms with van der Waals surface area (Å²) >= 11 is 0. The Balaban J connectivity index is 1.87. The van der Waals surface area contributed by atoms with Crippen LogP contribution in [0.1, 0.15) is 29.8 Å². The number of nitrogens with zero attached hydrogens (tertiary/aromatic N) is 1. The Labute approximate surface area is 137 Å². The molecule has 0 bridgehead atoms. The molecular formula is C16H24N2O4S. The molecule has 1 heterocycles. The Bertz CT molecular complexity index is 633. The van der Waals surface area contributed by atoms with Gasteiger partial charge in [0.25, 0.3) is 5.91 Å². The van der Waals surface area contributed by atoms with Crippen molar-refractivity contribution in [3.8, 4) is 0 Å². The second kappa shape index (κ2) is 7.42. The predicted molar refractivity (Wildman–Crippen MR) is 88.9 cm³/mol. The van der Waals surface area contributed by atoms with Crippen LogP contribution in [0.25, 0.3) is 0 Å². The van der Waals surface area contributed by atoms with Crippen LogP contribution < -0.4 is 5.32 Å². The fourth-order valence-corrected chi connectivity index (χ4v) is 4.08. The van der Waals surface area contributed by atoms with Gasteiger partial charge in [-0.1, -0.05) is 17.7 Å². The van der Waals surface area contributed by atoms with Crippen molar-refractivity contribution >= 4 is 15.9 Å². The van der Waals surface area contributed by atoms with Crippen LogP contribution >= 0.6 is 0 Å². The molecule has 128 valence electrons. The number of carbonyl (C=O) groups is 1. The maximum atomic E-state index is 12.4. The summed E-state index contributed by atoms with van der Waals surface area (Å²) in [7, 11) is -3.40. The van der Waals surface area contributed by atoms with E-state index in [0.717, 1.165) is 5.56 Å². The van der Waals surface area contributed by atoms with Gasteiger partial charge in [-0.15, -0.1) is 0 Å². The van der Waals surface area contributed by atoms with Crippen molar-refractivity contribution in [2.75, 3.05) is 25.4 Å². The van der Waals surface area contributed by atoms with Gasteiger partial charge >= 0.3 is 0 Å². The molecule has 2 atom stereocenters. The zero-order valence-electron chi connectivity index (χ0n) is 13.8. The summed E-state index contributed by atoms with van der Waals surface area (Å²) in [5.41, 5.74) is 1.60. The third-order valence-electron chi connectivity index (χ3n) is 3.74. The van der Waals surface area contributed by atoms with Crippen LogP contribution in [0.2, 0.25) is 0 Å². The smallest absolute Gasteiger partial charge is 0.251 e. The number of rotatable bonds is 5. The standard InChI is InChI=1S/C16H24N2O4S/c1-12-4-6-15(7-5-12)16(19)17-8-9-23(20,21)18-10-13(2)22-14(3)11-18/h4-7,13-14H,8-11H2,1-3H3,(H,17,19)/t13-,14-/m0/s1. The number of nitrogens with one attached hydrogen (secondary N) is 1. The van der Waals surface area contributed by atoms with Crippen molar-refractivity contribution in [1.82, 2.24) is 9.62 Å². The van der Waals surface area contributed by atoms with E-state index < -0.39 is 10.0 Å². The summed E-state index contributed by atoms with van der Waals surface area (Å²) in [6.07, 6.45) is -0.230. The van der Waals surface area contributed by atoms with E-state index in [0.29, 0.717) is 18.7 Å².